The first kappa shape index (κ1) is 25.6. The number of benzene rings is 2. The third kappa shape index (κ3) is 5.30. The molecule has 0 unspecified atom stereocenters. The number of carbonyl (C=O) groups excluding carboxylic acids is 1. The van der Waals surface area contributed by atoms with Crippen LogP contribution >= 0.6 is 22.6 Å². The van der Waals surface area contributed by atoms with E-state index in [1.54, 1.807) is 24.4 Å². The summed E-state index contributed by atoms with van der Waals surface area (Å²) in [6.45, 7) is 2.33. The first-order valence-corrected chi connectivity index (χ1v) is 13.0. The molecule has 10 heteroatoms. The van der Waals surface area contributed by atoms with Crippen molar-refractivity contribution in [1.82, 2.24) is 24.8 Å². The van der Waals surface area contributed by atoms with Crippen molar-refractivity contribution in [2.75, 3.05) is 11.1 Å². The van der Waals surface area contributed by atoms with Crippen LogP contribution in [0.15, 0.2) is 73.3 Å². The smallest absolute Gasteiger partial charge is 0.255 e. The Bertz CT molecular complexity index is 1620. The number of fused-ring (bicyclic) bond motifs is 1. The molecular weight excluding hydrogens is 596 g/mol. The number of amides is 1. The highest BCUT2D eigenvalue weighted by Crippen LogP contribution is 2.32. The lowest BCUT2D eigenvalue weighted by atomic mass is 10.0. The molecule has 0 aliphatic heterocycles. The maximum absolute atomic E-state index is 13.3. The molecule has 1 amide bonds. The monoisotopic (exact) mass is 621 g/mol. The Morgan fingerprint density at radius 2 is 1.84 bits per heavy atom. The quantitative estimate of drug-likeness (QED) is 0.208. The highest BCUT2D eigenvalue weighted by atomic mass is 127. The van der Waals surface area contributed by atoms with Gasteiger partial charge in [0.2, 0.25) is 0 Å². The third-order valence-corrected chi connectivity index (χ3v) is 6.91. The summed E-state index contributed by atoms with van der Waals surface area (Å²) in [4.78, 5) is 26.1. The molecule has 8 nitrogen and oxygen atoms in total. The van der Waals surface area contributed by atoms with Gasteiger partial charge in [0.1, 0.15) is 29.4 Å². The number of anilines is 2. The molecule has 3 aromatic heterocycles. The zero-order valence-corrected chi connectivity index (χ0v) is 22.9. The van der Waals surface area contributed by atoms with Gasteiger partial charge in [0.05, 0.1) is 17.0 Å². The van der Waals surface area contributed by atoms with Crippen LogP contribution in [-0.4, -0.2) is 25.4 Å². The number of aryl methyl sites for hydroxylation is 1. The van der Waals surface area contributed by atoms with Crippen molar-refractivity contribution in [1.29, 1.82) is 0 Å². The van der Waals surface area contributed by atoms with E-state index in [-0.39, 0.29) is 17.8 Å². The van der Waals surface area contributed by atoms with Gasteiger partial charge in [-0.2, -0.15) is 0 Å². The van der Waals surface area contributed by atoms with E-state index in [1.807, 2.05) is 49.0 Å². The van der Waals surface area contributed by atoms with E-state index in [1.165, 1.54) is 18.5 Å². The molecule has 0 saturated carbocycles. The van der Waals surface area contributed by atoms with Gasteiger partial charge in [-0.3, -0.25) is 4.79 Å². The fourth-order valence-corrected chi connectivity index (χ4v) is 4.75. The van der Waals surface area contributed by atoms with E-state index in [9.17, 15) is 9.18 Å². The molecular formula is C28H25FIN7O. The van der Waals surface area contributed by atoms with Gasteiger partial charge in [-0.25, -0.2) is 19.3 Å². The van der Waals surface area contributed by atoms with Gasteiger partial charge in [0, 0.05) is 35.1 Å². The molecule has 2 aromatic carbocycles. The molecule has 1 atom stereocenters. The van der Waals surface area contributed by atoms with Crippen molar-refractivity contribution in [3.63, 3.8) is 0 Å². The summed E-state index contributed by atoms with van der Waals surface area (Å²) in [5, 5.41) is 7.10. The molecule has 0 aliphatic rings. The Morgan fingerprint density at radius 3 is 2.58 bits per heavy atom. The van der Waals surface area contributed by atoms with Crippen molar-refractivity contribution in [2.24, 2.45) is 7.05 Å². The summed E-state index contributed by atoms with van der Waals surface area (Å²) in [5.41, 5.74) is 11.2. The predicted molar refractivity (Wildman–Crippen MR) is 155 cm³/mol. The summed E-state index contributed by atoms with van der Waals surface area (Å²) in [7, 11) is 1.93. The molecule has 192 valence electrons. The normalized spacial score (nSPS) is 11.9. The molecule has 0 radical (unpaired) electrons. The first-order chi connectivity index (χ1) is 18.3. The predicted octanol–water partition coefficient (Wildman–Crippen LogP) is 5.46. The number of pyridine rings is 1. The SMILES string of the molecule is C[C@H](NC(=O)c1cc(I)cnc1NCc1ccc(-c2cn(C)c3ncnc(N)c23)cc1)c1ccc(F)cc1. The Kier molecular flexibility index (Phi) is 7.23. The standard InChI is InChI=1S/C28H25FIN7O/c1-16(18-7-9-20(29)10-8-18)36-28(38)22-11-21(30)13-33-26(22)32-12-17-3-5-19(6-4-17)23-14-37(2)27-24(23)25(31)34-15-35-27/h3-11,13-16H,12H2,1-2H3,(H,32,33)(H,36,38)(H2,31,34,35)/t16-/m0/s1. The minimum Gasteiger partial charge on any atom is -0.383 e. The van der Waals surface area contributed by atoms with E-state index in [4.69, 9.17) is 5.73 Å². The van der Waals surface area contributed by atoms with Crippen LogP contribution < -0.4 is 16.4 Å². The Hall–Kier alpha value is -4.06. The van der Waals surface area contributed by atoms with Crippen LogP contribution in [0, 0.1) is 9.39 Å². The van der Waals surface area contributed by atoms with Crippen molar-refractivity contribution < 1.29 is 9.18 Å². The lowest BCUT2D eigenvalue weighted by Crippen LogP contribution is -2.28. The number of rotatable bonds is 7. The first-order valence-electron chi connectivity index (χ1n) is 11.9. The van der Waals surface area contributed by atoms with Crippen LogP contribution in [0.4, 0.5) is 16.0 Å². The van der Waals surface area contributed by atoms with Crippen LogP contribution in [0.5, 0.6) is 0 Å². The van der Waals surface area contributed by atoms with Crippen LogP contribution in [-0.2, 0) is 13.6 Å². The number of nitrogens with two attached hydrogens (primary N) is 1. The summed E-state index contributed by atoms with van der Waals surface area (Å²) in [5.74, 6) is 0.350. The summed E-state index contributed by atoms with van der Waals surface area (Å²) in [6.07, 6.45) is 5.17. The average Bonchev–Trinajstić information content (AvgIpc) is 3.26. The molecule has 38 heavy (non-hydrogen) atoms. The number of nitrogens with zero attached hydrogens (tertiary/aromatic N) is 4. The lowest BCUT2D eigenvalue weighted by Gasteiger charge is -2.17. The van der Waals surface area contributed by atoms with Gasteiger partial charge in [0.25, 0.3) is 5.91 Å². The van der Waals surface area contributed by atoms with E-state index >= 15 is 0 Å². The number of carbonyl (C=O) groups is 1. The minimum absolute atomic E-state index is 0.263. The van der Waals surface area contributed by atoms with Gasteiger partial charge in [-0.1, -0.05) is 36.4 Å². The molecule has 0 fully saturated rings. The van der Waals surface area contributed by atoms with Crippen LogP contribution in [0.25, 0.3) is 22.2 Å². The molecule has 4 N–H and O–H groups in total. The number of hydrogen-bond acceptors (Lipinski definition) is 6. The zero-order chi connectivity index (χ0) is 26.8. The maximum Gasteiger partial charge on any atom is 0.255 e. The Morgan fingerprint density at radius 1 is 1.11 bits per heavy atom. The van der Waals surface area contributed by atoms with Gasteiger partial charge in [-0.15, -0.1) is 0 Å². The van der Waals surface area contributed by atoms with E-state index < -0.39 is 0 Å². The molecule has 3 heterocycles. The zero-order valence-electron chi connectivity index (χ0n) is 20.7. The average molecular weight is 621 g/mol. The van der Waals surface area contributed by atoms with Crippen molar-refractivity contribution in [3.8, 4) is 11.1 Å². The van der Waals surface area contributed by atoms with Crippen molar-refractivity contribution in [2.45, 2.75) is 19.5 Å². The Balaban J connectivity index is 1.31. The van der Waals surface area contributed by atoms with Crippen LogP contribution in [0.3, 0.4) is 0 Å². The molecule has 0 bridgehead atoms. The van der Waals surface area contributed by atoms with E-state index in [0.29, 0.717) is 23.7 Å². The number of nitrogen functional groups attached to an aromatic ring is 1. The van der Waals surface area contributed by atoms with Gasteiger partial charge < -0.3 is 20.9 Å². The summed E-state index contributed by atoms with van der Waals surface area (Å²) in [6, 6.07) is 15.7. The molecule has 5 rings (SSSR count). The van der Waals surface area contributed by atoms with Crippen molar-refractivity contribution >= 4 is 51.2 Å². The molecule has 0 spiro atoms. The maximum atomic E-state index is 13.3. The minimum atomic E-state index is -0.316. The fourth-order valence-electron chi connectivity index (χ4n) is 4.30. The molecule has 0 aliphatic carbocycles. The highest BCUT2D eigenvalue weighted by molar-refractivity contribution is 14.1. The summed E-state index contributed by atoms with van der Waals surface area (Å²) >= 11 is 2.13. The third-order valence-electron chi connectivity index (χ3n) is 6.32. The van der Waals surface area contributed by atoms with Crippen molar-refractivity contribution in [3.05, 3.63) is 99.4 Å². The highest BCUT2D eigenvalue weighted by Gasteiger charge is 2.17. The second kappa shape index (κ2) is 10.7. The largest absolute Gasteiger partial charge is 0.383 e. The number of hydrogen-bond donors (Lipinski definition) is 3. The second-order valence-corrected chi connectivity index (χ2v) is 10.2. The molecule has 5 aromatic rings. The lowest BCUT2D eigenvalue weighted by molar-refractivity contribution is 0.0940. The van der Waals surface area contributed by atoms with Gasteiger partial charge >= 0.3 is 0 Å². The number of nitrogens with one attached hydrogen (secondary N) is 2. The van der Waals surface area contributed by atoms with Gasteiger partial charge in [0.15, 0.2) is 0 Å². The number of halogens is 2. The van der Waals surface area contributed by atoms with E-state index in [0.717, 1.165) is 36.9 Å². The van der Waals surface area contributed by atoms with Gasteiger partial charge in [-0.05, 0) is 64.4 Å². The Labute approximate surface area is 232 Å². The van der Waals surface area contributed by atoms with E-state index in [2.05, 4.69) is 48.2 Å². The summed E-state index contributed by atoms with van der Waals surface area (Å²) < 4.78 is 16.0. The molecule has 0 saturated heterocycles. The topological polar surface area (TPSA) is 111 Å². The second-order valence-electron chi connectivity index (χ2n) is 8.96. The van der Waals surface area contributed by atoms with Crippen LogP contribution in [0.1, 0.15) is 34.5 Å². The fraction of sp³-hybridized carbons (Fsp3) is 0.143. The number of aromatic nitrogens is 4. The van der Waals surface area contributed by atoms with Crippen LogP contribution in [0.2, 0.25) is 0 Å².